The zero-order valence-electron chi connectivity index (χ0n) is 11.9. The van der Waals surface area contributed by atoms with E-state index in [-0.39, 0.29) is 27.4 Å². The number of nitrogens with two attached hydrogens (primary N) is 1. The Kier molecular flexibility index (Phi) is 4.91. The third-order valence-corrected chi connectivity index (χ3v) is 5.13. The fourth-order valence-electron chi connectivity index (χ4n) is 2.88. The third kappa shape index (κ3) is 3.39. The summed E-state index contributed by atoms with van der Waals surface area (Å²) in [5.74, 6) is -0.362. The quantitative estimate of drug-likeness (QED) is 0.920. The zero-order chi connectivity index (χ0) is 15.6. The van der Waals surface area contributed by atoms with Crippen molar-refractivity contribution in [2.75, 3.05) is 6.54 Å². The van der Waals surface area contributed by atoms with Crippen LogP contribution in [0.15, 0.2) is 23.1 Å². The van der Waals surface area contributed by atoms with Crippen LogP contribution in [0.4, 0.5) is 0 Å². The molecule has 0 radical (unpaired) electrons. The summed E-state index contributed by atoms with van der Waals surface area (Å²) < 4.78 is 23.4. The summed E-state index contributed by atoms with van der Waals surface area (Å²) in [6, 6.07) is 4.44. The number of benzene rings is 1. The molecule has 1 amide bonds. The summed E-state index contributed by atoms with van der Waals surface area (Å²) in [6.45, 7) is 2.39. The van der Waals surface area contributed by atoms with Crippen molar-refractivity contribution in [3.8, 4) is 0 Å². The van der Waals surface area contributed by atoms with Gasteiger partial charge in [0.25, 0.3) is 5.91 Å². The van der Waals surface area contributed by atoms with Crippen molar-refractivity contribution in [1.82, 2.24) is 4.90 Å². The number of hydrogen-bond donors (Lipinski definition) is 1. The molecule has 2 rings (SSSR count). The van der Waals surface area contributed by atoms with E-state index in [4.69, 9.17) is 16.7 Å². The molecule has 1 aliphatic rings. The molecule has 1 aromatic carbocycles. The SMILES string of the molecule is CCN(C(=O)c1c(Cl)cccc1S(N)(=O)=O)C1CCCC1. The van der Waals surface area contributed by atoms with Gasteiger partial charge in [-0.25, -0.2) is 13.6 Å². The molecular formula is C14H19ClN2O3S. The molecular weight excluding hydrogens is 312 g/mol. The average Bonchev–Trinajstić information content (AvgIpc) is 2.92. The third-order valence-electron chi connectivity index (χ3n) is 3.86. The highest BCUT2D eigenvalue weighted by Gasteiger charge is 2.30. The Morgan fingerprint density at radius 3 is 2.52 bits per heavy atom. The Morgan fingerprint density at radius 2 is 2.00 bits per heavy atom. The van der Waals surface area contributed by atoms with Gasteiger partial charge in [0.15, 0.2) is 0 Å². The van der Waals surface area contributed by atoms with Gasteiger partial charge in [-0.15, -0.1) is 0 Å². The zero-order valence-corrected chi connectivity index (χ0v) is 13.5. The second-order valence-corrected chi connectivity index (χ2v) is 7.12. The molecule has 1 aliphatic carbocycles. The lowest BCUT2D eigenvalue weighted by molar-refractivity contribution is 0.0690. The first-order chi connectivity index (χ1) is 9.86. The molecule has 0 aromatic heterocycles. The highest BCUT2D eigenvalue weighted by molar-refractivity contribution is 7.89. The predicted octanol–water partition coefficient (Wildman–Crippen LogP) is 2.39. The number of nitrogens with zero attached hydrogens (tertiary/aromatic N) is 1. The van der Waals surface area contributed by atoms with Gasteiger partial charge >= 0.3 is 0 Å². The molecule has 1 fully saturated rings. The molecule has 116 valence electrons. The van der Waals surface area contributed by atoms with E-state index in [1.165, 1.54) is 18.2 Å². The van der Waals surface area contributed by atoms with E-state index >= 15 is 0 Å². The molecule has 0 spiro atoms. The number of halogens is 1. The highest BCUT2D eigenvalue weighted by Crippen LogP contribution is 2.29. The van der Waals surface area contributed by atoms with Gasteiger partial charge in [-0.2, -0.15) is 0 Å². The lowest BCUT2D eigenvalue weighted by Gasteiger charge is -2.28. The van der Waals surface area contributed by atoms with Crippen molar-refractivity contribution < 1.29 is 13.2 Å². The van der Waals surface area contributed by atoms with Crippen LogP contribution in [0.25, 0.3) is 0 Å². The van der Waals surface area contributed by atoms with Gasteiger partial charge in [0.05, 0.1) is 15.5 Å². The number of amides is 1. The van der Waals surface area contributed by atoms with Gasteiger partial charge in [0, 0.05) is 12.6 Å². The molecule has 0 unspecified atom stereocenters. The summed E-state index contributed by atoms with van der Waals surface area (Å²) in [7, 11) is -4.00. The molecule has 2 N–H and O–H groups in total. The van der Waals surface area contributed by atoms with Crippen molar-refractivity contribution in [3.63, 3.8) is 0 Å². The maximum Gasteiger partial charge on any atom is 0.256 e. The number of primary sulfonamides is 1. The fourth-order valence-corrected chi connectivity index (χ4v) is 3.94. The van der Waals surface area contributed by atoms with Gasteiger partial charge in [-0.05, 0) is 31.9 Å². The molecule has 1 aromatic rings. The van der Waals surface area contributed by atoms with Crippen LogP contribution in [0, 0.1) is 0 Å². The second-order valence-electron chi connectivity index (χ2n) is 5.19. The van der Waals surface area contributed by atoms with Gasteiger partial charge in [-0.3, -0.25) is 4.79 Å². The Balaban J connectivity index is 2.47. The van der Waals surface area contributed by atoms with Crippen molar-refractivity contribution in [1.29, 1.82) is 0 Å². The molecule has 0 aliphatic heterocycles. The van der Waals surface area contributed by atoms with E-state index in [0.717, 1.165) is 25.7 Å². The van der Waals surface area contributed by atoms with Gasteiger partial charge in [0.2, 0.25) is 10.0 Å². The highest BCUT2D eigenvalue weighted by atomic mass is 35.5. The summed E-state index contributed by atoms with van der Waals surface area (Å²) in [5, 5.41) is 5.32. The summed E-state index contributed by atoms with van der Waals surface area (Å²) >= 11 is 6.07. The molecule has 0 atom stereocenters. The second kappa shape index (κ2) is 6.34. The van der Waals surface area contributed by atoms with Crippen LogP contribution in [0.3, 0.4) is 0 Å². The molecule has 5 nitrogen and oxygen atoms in total. The maximum atomic E-state index is 12.8. The Bertz CT molecular complexity index is 640. The molecule has 21 heavy (non-hydrogen) atoms. The van der Waals surface area contributed by atoms with Crippen molar-refractivity contribution in [3.05, 3.63) is 28.8 Å². The summed E-state index contributed by atoms with van der Waals surface area (Å²) in [4.78, 5) is 14.3. The minimum absolute atomic E-state index is 0.0181. The van der Waals surface area contributed by atoms with Crippen molar-refractivity contribution in [2.24, 2.45) is 5.14 Å². The van der Waals surface area contributed by atoms with Crippen LogP contribution >= 0.6 is 11.6 Å². The van der Waals surface area contributed by atoms with E-state index in [1.807, 2.05) is 6.92 Å². The van der Waals surface area contributed by atoms with Gasteiger partial charge in [0.1, 0.15) is 0 Å². The molecule has 0 heterocycles. The van der Waals surface area contributed by atoms with Crippen LogP contribution in [-0.2, 0) is 10.0 Å². The standard InChI is InChI=1S/C14H19ClN2O3S/c1-2-17(10-6-3-4-7-10)14(18)13-11(15)8-5-9-12(13)21(16,19)20/h5,8-10H,2-4,6-7H2,1H3,(H2,16,19,20). The predicted molar refractivity (Wildman–Crippen MR) is 81.8 cm³/mol. The lowest BCUT2D eigenvalue weighted by atomic mass is 10.1. The normalized spacial score (nSPS) is 16.1. The topological polar surface area (TPSA) is 80.5 Å². The first kappa shape index (κ1) is 16.3. The van der Waals surface area contributed by atoms with Crippen LogP contribution in [0.2, 0.25) is 5.02 Å². The first-order valence-corrected chi connectivity index (χ1v) is 8.91. The van der Waals surface area contributed by atoms with E-state index in [9.17, 15) is 13.2 Å². The van der Waals surface area contributed by atoms with Crippen LogP contribution in [0.5, 0.6) is 0 Å². The number of carbonyl (C=O) groups is 1. The molecule has 0 saturated heterocycles. The number of hydrogen-bond acceptors (Lipinski definition) is 3. The molecule has 0 bridgehead atoms. The minimum atomic E-state index is -4.00. The Morgan fingerprint density at radius 1 is 1.38 bits per heavy atom. The summed E-state index contributed by atoms with van der Waals surface area (Å²) in [6.07, 6.45) is 4.04. The Labute approximate surface area is 130 Å². The van der Waals surface area contributed by atoms with E-state index < -0.39 is 10.0 Å². The average molecular weight is 331 g/mol. The summed E-state index contributed by atoms with van der Waals surface area (Å²) in [5.41, 5.74) is -0.0181. The van der Waals surface area contributed by atoms with E-state index in [1.54, 1.807) is 4.90 Å². The van der Waals surface area contributed by atoms with E-state index in [2.05, 4.69) is 0 Å². The maximum absolute atomic E-state index is 12.8. The van der Waals surface area contributed by atoms with Crippen molar-refractivity contribution in [2.45, 2.75) is 43.5 Å². The number of carbonyl (C=O) groups excluding carboxylic acids is 1. The van der Waals surface area contributed by atoms with Crippen molar-refractivity contribution >= 4 is 27.5 Å². The van der Waals surface area contributed by atoms with Gasteiger partial charge < -0.3 is 4.90 Å². The minimum Gasteiger partial charge on any atom is -0.336 e. The molecule has 1 saturated carbocycles. The largest absolute Gasteiger partial charge is 0.336 e. The van der Waals surface area contributed by atoms with Gasteiger partial charge in [-0.1, -0.05) is 30.5 Å². The fraction of sp³-hybridized carbons (Fsp3) is 0.500. The number of sulfonamides is 1. The smallest absolute Gasteiger partial charge is 0.256 e. The first-order valence-electron chi connectivity index (χ1n) is 6.98. The lowest BCUT2D eigenvalue weighted by Crippen LogP contribution is -2.39. The van der Waals surface area contributed by atoms with E-state index in [0.29, 0.717) is 6.54 Å². The Hall–Kier alpha value is -1.11. The number of rotatable bonds is 4. The van der Waals surface area contributed by atoms with Crippen LogP contribution < -0.4 is 5.14 Å². The molecule has 7 heteroatoms. The monoisotopic (exact) mass is 330 g/mol. The van der Waals surface area contributed by atoms with Crippen LogP contribution in [0.1, 0.15) is 43.0 Å². The van der Waals surface area contributed by atoms with Crippen LogP contribution in [-0.4, -0.2) is 31.8 Å².